The number of aryl methyl sites for hydroxylation is 1. The molecule has 1 aliphatic rings. The van der Waals surface area contributed by atoms with Crippen molar-refractivity contribution in [2.45, 2.75) is 52.0 Å². The van der Waals surface area contributed by atoms with Gasteiger partial charge in [-0.15, -0.1) is 11.6 Å². The summed E-state index contributed by atoms with van der Waals surface area (Å²) in [4.78, 5) is 9.83. The second kappa shape index (κ2) is 8.00. The molecule has 1 unspecified atom stereocenters. The highest BCUT2D eigenvalue weighted by atomic mass is 35.5. The van der Waals surface area contributed by atoms with E-state index in [0.717, 1.165) is 44.8 Å². The van der Waals surface area contributed by atoms with Gasteiger partial charge in [-0.3, -0.25) is 4.90 Å². The number of pyridine rings is 1. The first-order valence-electron chi connectivity index (χ1n) is 8.26. The first-order valence-corrected chi connectivity index (χ1v) is 8.80. The van der Waals surface area contributed by atoms with Crippen molar-refractivity contribution in [3.05, 3.63) is 23.4 Å². The average Bonchev–Trinajstić information content (AvgIpc) is 2.98. The lowest BCUT2D eigenvalue weighted by Gasteiger charge is -2.26. The fraction of sp³-hybridized carbons (Fsp3) is 0.706. The third kappa shape index (κ3) is 4.10. The third-order valence-corrected chi connectivity index (χ3v) is 4.71. The Balaban J connectivity index is 2.13. The summed E-state index contributed by atoms with van der Waals surface area (Å²) < 4.78 is 0. The number of hydrogen-bond donors (Lipinski definition) is 0. The van der Waals surface area contributed by atoms with Crippen molar-refractivity contribution in [1.29, 1.82) is 0 Å². The maximum atomic E-state index is 6.05. The SMILES string of the molecule is CCCc1cc(CCl)cc(N2CCC(N(CC)CC)C2)n1. The number of nitrogens with zero attached hydrogens (tertiary/aromatic N) is 3. The number of anilines is 1. The monoisotopic (exact) mass is 309 g/mol. The number of rotatable bonds is 7. The standard InChI is InChI=1S/C17H28ClN3/c1-4-7-15-10-14(12-18)11-17(19-15)21-9-8-16(13-21)20(5-2)6-3/h10-11,16H,4-9,12-13H2,1-3H3. The topological polar surface area (TPSA) is 19.4 Å². The van der Waals surface area contributed by atoms with Gasteiger partial charge in [-0.25, -0.2) is 4.98 Å². The molecule has 1 atom stereocenters. The van der Waals surface area contributed by atoms with Crippen LogP contribution in [0.25, 0.3) is 0 Å². The van der Waals surface area contributed by atoms with Crippen LogP contribution in [0.2, 0.25) is 0 Å². The van der Waals surface area contributed by atoms with Gasteiger partial charge in [0.15, 0.2) is 0 Å². The fourth-order valence-electron chi connectivity index (χ4n) is 3.24. The van der Waals surface area contributed by atoms with Crippen molar-refractivity contribution in [3.8, 4) is 0 Å². The van der Waals surface area contributed by atoms with Crippen molar-refractivity contribution >= 4 is 17.4 Å². The number of likely N-dealkylation sites (N-methyl/N-ethyl adjacent to an activating group) is 1. The summed E-state index contributed by atoms with van der Waals surface area (Å²) in [6, 6.07) is 4.98. The van der Waals surface area contributed by atoms with Gasteiger partial charge in [-0.2, -0.15) is 0 Å². The minimum Gasteiger partial charge on any atom is -0.355 e. The molecule has 1 fully saturated rings. The largest absolute Gasteiger partial charge is 0.355 e. The summed E-state index contributed by atoms with van der Waals surface area (Å²) in [5.74, 6) is 1.69. The molecule has 1 aromatic rings. The van der Waals surface area contributed by atoms with Crippen LogP contribution in [0.4, 0.5) is 5.82 Å². The van der Waals surface area contributed by atoms with E-state index in [4.69, 9.17) is 16.6 Å². The molecule has 1 saturated heterocycles. The Morgan fingerprint density at radius 1 is 1.29 bits per heavy atom. The van der Waals surface area contributed by atoms with Gasteiger partial charge in [0, 0.05) is 30.7 Å². The van der Waals surface area contributed by atoms with Crippen LogP contribution in [0, 0.1) is 0 Å². The van der Waals surface area contributed by atoms with Gasteiger partial charge in [0.05, 0.1) is 0 Å². The first-order chi connectivity index (χ1) is 10.2. The zero-order valence-electron chi connectivity index (χ0n) is 13.6. The number of hydrogen-bond acceptors (Lipinski definition) is 3. The van der Waals surface area contributed by atoms with E-state index >= 15 is 0 Å². The van der Waals surface area contributed by atoms with E-state index in [1.807, 2.05) is 0 Å². The van der Waals surface area contributed by atoms with Gasteiger partial charge in [0.25, 0.3) is 0 Å². The molecule has 1 aliphatic heterocycles. The minimum absolute atomic E-state index is 0.569. The minimum atomic E-state index is 0.569. The normalized spacial score (nSPS) is 18.7. The number of halogens is 1. The molecule has 0 saturated carbocycles. The van der Waals surface area contributed by atoms with Gasteiger partial charge in [0.2, 0.25) is 0 Å². The lowest BCUT2D eigenvalue weighted by molar-refractivity contribution is 0.232. The molecule has 0 spiro atoms. The quantitative estimate of drug-likeness (QED) is 0.716. The van der Waals surface area contributed by atoms with Gasteiger partial charge >= 0.3 is 0 Å². The maximum absolute atomic E-state index is 6.05. The Kier molecular flexibility index (Phi) is 6.31. The van der Waals surface area contributed by atoms with E-state index in [2.05, 4.69) is 42.7 Å². The summed E-state index contributed by atoms with van der Waals surface area (Å²) >= 11 is 6.05. The van der Waals surface area contributed by atoms with Crippen LogP contribution in [0.15, 0.2) is 12.1 Å². The van der Waals surface area contributed by atoms with Crippen molar-refractivity contribution in [2.75, 3.05) is 31.1 Å². The van der Waals surface area contributed by atoms with E-state index in [1.165, 1.54) is 17.7 Å². The lowest BCUT2D eigenvalue weighted by Crippen LogP contribution is -2.37. The van der Waals surface area contributed by atoms with Crippen LogP contribution in [-0.4, -0.2) is 42.1 Å². The molecule has 1 aromatic heterocycles. The van der Waals surface area contributed by atoms with Crippen LogP contribution in [0.1, 0.15) is 44.9 Å². The number of aromatic nitrogens is 1. The van der Waals surface area contributed by atoms with E-state index < -0.39 is 0 Å². The summed E-state index contributed by atoms with van der Waals surface area (Å²) in [5, 5.41) is 0. The molecule has 21 heavy (non-hydrogen) atoms. The van der Waals surface area contributed by atoms with Crippen LogP contribution in [-0.2, 0) is 12.3 Å². The second-order valence-electron chi connectivity index (χ2n) is 5.82. The summed E-state index contributed by atoms with van der Waals surface area (Å²) in [7, 11) is 0. The molecule has 0 aliphatic carbocycles. The van der Waals surface area contributed by atoms with Crippen LogP contribution in [0.3, 0.4) is 0 Å². The second-order valence-corrected chi connectivity index (χ2v) is 6.09. The van der Waals surface area contributed by atoms with Gasteiger partial charge in [0.1, 0.15) is 5.82 Å². The predicted molar refractivity (Wildman–Crippen MR) is 91.3 cm³/mol. The Labute approximate surface area is 134 Å². The van der Waals surface area contributed by atoms with E-state index in [1.54, 1.807) is 0 Å². The van der Waals surface area contributed by atoms with Crippen molar-refractivity contribution in [2.24, 2.45) is 0 Å². The van der Waals surface area contributed by atoms with Crippen molar-refractivity contribution < 1.29 is 0 Å². The van der Waals surface area contributed by atoms with E-state index in [0.29, 0.717) is 11.9 Å². The molecule has 0 amide bonds. The Morgan fingerprint density at radius 2 is 2.05 bits per heavy atom. The lowest BCUT2D eigenvalue weighted by atomic mass is 10.2. The molecule has 4 heteroatoms. The molecule has 0 radical (unpaired) electrons. The highest BCUT2D eigenvalue weighted by Crippen LogP contribution is 2.24. The summed E-state index contributed by atoms with van der Waals surface area (Å²) in [6.45, 7) is 11.1. The fourth-order valence-corrected chi connectivity index (χ4v) is 3.40. The third-order valence-electron chi connectivity index (χ3n) is 4.40. The highest BCUT2D eigenvalue weighted by molar-refractivity contribution is 6.17. The summed E-state index contributed by atoms with van der Waals surface area (Å²) in [5.41, 5.74) is 2.37. The molecular formula is C17H28ClN3. The molecule has 118 valence electrons. The Morgan fingerprint density at radius 3 is 2.67 bits per heavy atom. The first kappa shape index (κ1) is 16.6. The molecular weight excluding hydrogens is 282 g/mol. The van der Waals surface area contributed by atoms with Crippen LogP contribution >= 0.6 is 11.6 Å². The van der Waals surface area contributed by atoms with E-state index in [-0.39, 0.29) is 0 Å². The molecule has 0 aromatic carbocycles. The van der Waals surface area contributed by atoms with E-state index in [9.17, 15) is 0 Å². The van der Waals surface area contributed by atoms with Gasteiger partial charge in [-0.05, 0) is 43.6 Å². The molecule has 2 heterocycles. The van der Waals surface area contributed by atoms with Gasteiger partial charge in [-0.1, -0.05) is 27.2 Å². The van der Waals surface area contributed by atoms with Crippen LogP contribution < -0.4 is 4.90 Å². The van der Waals surface area contributed by atoms with Gasteiger partial charge < -0.3 is 4.90 Å². The Hall–Kier alpha value is -0.800. The van der Waals surface area contributed by atoms with Crippen molar-refractivity contribution in [3.63, 3.8) is 0 Å². The maximum Gasteiger partial charge on any atom is 0.129 e. The molecule has 3 nitrogen and oxygen atoms in total. The van der Waals surface area contributed by atoms with Crippen molar-refractivity contribution in [1.82, 2.24) is 9.88 Å². The van der Waals surface area contributed by atoms with Crippen LogP contribution in [0.5, 0.6) is 0 Å². The predicted octanol–water partition coefficient (Wildman–Crippen LogP) is 3.69. The highest BCUT2D eigenvalue weighted by Gasteiger charge is 2.27. The molecule has 2 rings (SSSR count). The molecule has 0 bridgehead atoms. The zero-order valence-corrected chi connectivity index (χ0v) is 14.4. The summed E-state index contributed by atoms with van der Waals surface area (Å²) in [6.07, 6.45) is 3.39. The Bertz CT molecular complexity index is 446. The smallest absolute Gasteiger partial charge is 0.129 e. The number of alkyl halides is 1. The zero-order chi connectivity index (χ0) is 15.2. The molecule has 0 N–H and O–H groups in total. The average molecular weight is 310 g/mol.